The van der Waals surface area contributed by atoms with Crippen molar-refractivity contribution < 1.29 is 14.0 Å². The van der Waals surface area contributed by atoms with Crippen molar-refractivity contribution >= 4 is 50.3 Å². The summed E-state index contributed by atoms with van der Waals surface area (Å²) in [6.45, 7) is 4.18. The van der Waals surface area contributed by atoms with E-state index in [4.69, 9.17) is 4.42 Å². The topological polar surface area (TPSA) is 52.2 Å². The normalized spacial score (nSPS) is 13.4. The quantitative estimate of drug-likeness (QED) is 0.189. The van der Waals surface area contributed by atoms with Gasteiger partial charge in [-0.05, 0) is 53.6 Å². The number of furan rings is 1. The van der Waals surface area contributed by atoms with Crippen LogP contribution in [0.2, 0.25) is 0 Å². The summed E-state index contributed by atoms with van der Waals surface area (Å²) in [6.07, 6.45) is 1.72. The van der Waals surface area contributed by atoms with Gasteiger partial charge in [-0.15, -0.1) is 0 Å². The van der Waals surface area contributed by atoms with Gasteiger partial charge < -0.3 is 8.98 Å². The van der Waals surface area contributed by atoms with E-state index in [1.54, 1.807) is 6.08 Å². The Morgan fingerprint density at radius 1 is 0.703 bits per heavy atom. The van der Waals surface area contributed by atoms with E-state index in [1.807, 2.05) is 60.7 Å². The highest BCUT2D eigenvalue weighted by Gasteiger charge is 2.34. The minimum atomic E-state index is -0.227. The van der Waals surface area contributed by atoms with Gasteiger partial charge in [0.15, 0.2) is 17.1 Å². The third-order valence-corrected chi connectivity index (χ3v) is 7.28. The predicted molar refractivity (Wildman–Crippen MR) is 148 cm³/mol. The van der Waals surface area contributed by atoms with Crippen LogP contribution in [-0.2, 0) is 0 Å². The number of carbonyl (C=O) groups is 2. The number of allylic oxidation sites excluding steroid dienone is 1. The molecule has 0 fully saturated rings. The molecule has 0 amide bonds. The minimum absolute atomic E-state index is 0.0962. The Bertz CT molecular complexity index is 1890. The van der Waals surface area contributed by atoms with Crippen LogP contribution in [0.4, 0.5) is 0 Å². The standard InChI is InChI=1S/C33H23NO3/c1-19(2)34-23(16-28-32(35)26-14-21-9-3-4-10-22(21)15-27(26)33(28)36)17-31-29(34)18-30(37-31)25-13-7-11-20-8-5-6-12-24(20)25/h3-19H,1-2H3. The van der Waals surface area contributed by atoms with Crippen LogP contribution >= 0.6 is 0 Å². The lowest BCUT2D eigenvalue weighted by Crippen LogP contribution is -2.05. The molecule has 7 rings (SSSR count). The molecule has 4 nitrogen and oxygen atoms in total. The number of nitrogens with zero attached hydrogens (tertiary/aromatic N) is 1. The van der Waals surface area contributed by atoms with Gasteiger partial charge in [-0.3, -0.25) is 9.59 Å². The van der Waals surface area contributed by atoms with Crippen LogP contribution in [0.25, 0.3) is 50.0 Å². The first-order chi connectivity index (χ1) is 18.0. The van der Waals surface area contributed by atoms with E-state index in [0.29, 0.717) is 11.1 Å². The Morgan fingerprint density at radius 2 is 1.32 bits per heavy atom. The molecule has 0 spiro atoms. The number of Topliss-reactive ketones (excluding diaryl/α,β-unsaturated/α-hetero) is 2. The summed E-state index contributed by atoms with van der Waals surface area (Å²) < 4.78 is 8.47. The average Bonchev–Trinajstić information content (AvgIpc) is 3.53. The first-order valence-electron chi connectivity index (χ1n) is 12.5. The summed E-state index contributed by atoms with van der Waals surface area (Å²) in [5.74, 6) is 0.341. The van der Waals surface area contributed by atoms with E-state index in [9.17, 15) is 9.59 Å². The zero-order valence-corrected chi connectivity index (χ0v) is 20.5. The highest BCUT2D eigenvalue weighted by atomic mass is 16.3. The van der Waals surface area contributed by atoms with Crippen molar-refractivity contribution in [3.05, 3.63) is 113 Å². The molecule has 178 valence electrons. The highest BCUT2D eigenvalue weighted by molar-refractivity contribution is 6.42. The van der Waals surface area contributed by atoms with Crippen LogP contribution in [0.5, 0.6) is 0 Å². The van der Waals surface area contributed by atoms with Gasteiger partial charge in [-0.1, -0.05) is 66.7 Å². The number of hydrogen-bond donors (Lipinski definition) is 0. The monoisotopic (exact) mass is 481 g/mol. The lowest BCUT2D eigenvalue weighted by Gasteiger charge is -2.12. The molecule has 0 aliphatic heterocycles. The second-order valence-electron chi connectivity index (χ2n) is 9.88. The van der Waals surface area contributed by atoms with Gasteiger partial charge in [0.2, 0.25) is 0 Å². The number of aromatic nitrogens is 1. The van der Waals surface area contributed by atoms with Gasteiger partial charge in [0.25, 0.3) is 0 Å². The molecule has 0 N–H and O–H groups in total. The van der Waals surface area contributed by atoms with Crippen molar-refractivity contribution in [2.24, 2.45) is 0 Å². The zero-order valence-electron chi connectivity index (χ0n) is 20.5. The molecule has 0 saturated heterocycles. The Labute approximate surface area is 213 Å². The van der Waals surface area contributed by atoms with Crippen LogP contribution in [-0.4, -0.2) is 16.1 Å². The highest BCUT2D eigenvalue weighted by Crippen LogP contribution is 2.37. The van der Waals surface area contributed by atoms with Crippen LogP contribution in [0.3, 0.4) is 0 Å². The molecule has 2 aromatic heterocycles. The molecule has 0 saturated carbocycles. The van der Waals surface area contributed by atoms with E-state index < -0.39 is 0 Å². The van der Waals surface area contributed by atoms with Gasteiger partial charge >= 0.3 is 0 Å². The summed E-state index contributed by atoms with van der Waals surface area (Å²) in [4.78, 5) is 26.7. The smallest absolute Gasteiger partial charge is 0.197 e. The molecule has 0 atom stereocenters. The van der Waals surface area contributed by atoms with Crippen molar-refractivity contribution in [2.45, 2.75) is 19.9 Å². The lowest BCUT2D eigenvalue weighted by atomic mass is 10.0. The number of benzene rings is 4. The molecule has 0 bridgehead atoms. The maximum Gasteiger partial charge on any atom is 0.197 e. The fourth-order valence-corrected chi connectivity index (χ4v) is 5.58. The van der Waals surface area contributed by atoms with Crippen molar-refractivity contribution in [3.63, 3.8) is 0 Å². The largest absolute Gasteiger partial charge is 0.454 e. The third-order valence-electron chi connectivity index (χ3n) is 7.28. The Morgan fingerprint density at radius 3 is 2.00 bits per heavy atom. The maximum absolute atomic E-state index is 13.3. The van der Waals surface area contributed by atoms with Crippen LogP contribution in [0.15, 0.2) is 101 Å². The Balaban J connectivity index is 1.36. The number of ketones is 2. The van der Waals surface area contributed by atoms with E-state index in [-0.39, 0.29) is 23.2 Å². The zero-order chi connectivity index (χ0) is 25.3. The van der Waals surface area contributed by atoms with Crippen molar-refractivity contribution in [1.82, 2.24) is 4.57 Å². The molecule has 6 aromatic rings. The molecule has 0 radical (unpaired) electrons. The molecule has 4 aromatic carbocycles. The Hall–Kier alpha value is -4.70. The van der Waals surface area contributed by atoms with Gasteiger partial charge in [-0.2, -0.15) is 0 Å². The summed E-state index contributed by atoms with van der Waals surface area (Å²) in [6, 6.07) is 30.0. The first-order valence-corrected chi connectivity index (χ1v) is 12.5. The Kier molecular flexibility index (Phi) is 4.61. The van der Waals surface area contributed by atoms with Gasteiger partial charge in [-0.25, -0.2) is 0 Å². The first kappa shape index (κ1) is 21.6. The van der Waals surface area contributed by atoms with E-state index >= 15 is 0 Å². The summed E-state index contributed by atoms with van der Waals surface area (Å²) in [5, 5.41) is 4.19. The summed E-state index contributed by atoms with van der Waals surface area (Å²) in [7, 11) is 0. The number of rotatable bonds is 3. The molecular formula is C33H23NO3. The van der Waals surface area contributed by atoms with Gasteiger partial charge in [0.05, 0.1) is 11.1 Å². The summed E-state index contributed by atoms with van der Waals surface area (Å²) in [5.41, 5.74) is 4.62. The number of fused-ring (bicyclic) bond motifs is 4. The maximum atomic E-state index is 13.3. The SMILES string of the molecule is CC(C)n1c(C=C2C(=O)c3cc4ccccc4cc3C2=O)cc2oc(-c3cccc4ccccc34)cc21. The van der Waals surface area contributed by atoms with E-state index in [1.165, 1.54) is 0 Å². The molecule has 4 heteroatoms. The number of carbonyl (C=O) groups excluding carboxylic acids is 2. The van der Waals surface area contributed by atoms with E-state index in [0.717, 1.165) is 49.7 Å². The fraction of sp³-hybridized carbons (Fsp3) is 0.0909. The second kappa shape index (κ2) is 7.90. The molecular weight excluding hydrogens is 458 g/mol. The van der Waals surface area contributed by atoms with E-state index in [2.05, 4.69) is 48.7 Å². The average molecular weight is 482 g/mol. The summed E-state index contributed by atoms with van der Waals surface area (Å²) >= 11 is 0. The molecule has 0 unspecified atom stereocenters. The van der Waals surface area contributed by atoms with Crippen LogP contribution in [0.1, 0.15) is 46.3 Å². The fourth-order valence-electron chi connectivity index (χ4n) is 5.58. The third kappa shape index (κ3) is 3.22. The molecule has 37 heavy (non-hydrogen) atoms. The van der Waals surface area contributed by atoms with Crippen LogP contribution in [0, 0.1) is 0 Å². The van der Waals surface area contributed by atoms with Gasteiger partial charge in [0, 0.05) is 40.6 Å². The lowest BCUT2D eigenvalue weighted by molar-refractivity contribution is 0.0990. The molecule has 2 heterocycles. The predicted octanol–water partition coefficient (Wildman–Crippen LogP) is 8.25. The molecule has 1 aliphatic rings. The number of hydrogen-bond acceptors (Lipinski definition) is 3. The second-order valence-corrected chi connectivity index (χ2v) is 9.88. The van der Waals surface area contributed by atoms with Gasteiger partial charge in [0.1, 0.15) is 5.76 Å². The molecule has 1 aliphatic carbocycles. The van der Waals surface area contributed by atoms with Crippen molar-refractivity contribution in [3.8, 4) is 11.3 Å². The van der Waals surface area contributed by atoms with Crippen molar-refractivity contribution in [1.29, 1.82) is 0 Å². The van der Waals surface area contributed by atoms with Crippen LogP contribution < -0.4 is 0 Å². The minimum Gasteiger partial charge on any atom is -0.454 e. The van der Waals surface area contributed by atoms with Crippen molar-refractivity contribution in [2.75, 3.05) is 0 Å².